The second kappa shape index (κ2) is 9.86. The van der Waals surface area contributed by atoms with E-state index >= 15 is 0 Å². The minimum absolute atomic E-state index is 0.322. The lowest BCUT2D eigenvalue weighted by Gasteiger charge is -2.23. The second-order valence-electron chi connectivity index (χ2n) is 4.42. The third-order valence-electron chi connectivity index (χ3n) is 3.00. The van der Waals surface area contributed by atoms with E-state index in [0.717, 1.165) is 30.8 Å². The van der Waals surface area contributed by atoms with Crippen LogP contribution in [0.1, 0.15) is 18.4 Å². The van der Waals surface area contributed by atoms with Gasteiger partial charge in [0.05, 0.1) is 0 Å². The zero-order valence-electron chi connectivity index (χ0n) is 11.3. The molecule has 0 atom stereocenters. The number of benzene rings is 1. The van der Waals surface area contributed by atoms with Crippen LogP contribution in [0.25, 0.3) is 0 Å². The SMILES string of the molecule is O=C(CCCc1ccc(N(CCCl)CCCl)cc1)NO. The molecule has 0 saturated heterocycles. The standard InChI is InChI=1S/C14H20Cl2N2O2/c15-8-10-18(11-9-16)13-6-4-12(5-7-13)2-1-3-14(19)17-20/h4-7,20H,1-3,8-11H2,(H,17,19). The minimum atomic E-state index is -0.350. The van der Waals surface area contributed by atoms with Gasteiger partial charge in [0.1, 0.15) is 0 Å². The van der Waals surface area contributed by atoms with Crippen LogP contribution in [0.2, 0.25) is 0 Å². The third kappa shape index (κ3) is 5.99. The van der Waals surface area contributed by atoms with Crippen LogP contribution in [0.3, 0.4) is 0 Å². The van der Waals surface area contributed by atoms with E-state index in [2.05, 4.69) is 4.90 Å². The summed E-state index contributed by atoms with van der Waals surface area (Å²) < 4.78 is 0. The molecular formula is C14H20Cl2N2O2. The van der Waals surface area contributed by atoms with Crippen molar-refractivity contribution in [1.82, 2.24) is 5.48 Å². The van der Waals surface area contributed by atoms with Gasteiger partial charge in [0, 0.05) is 37.0 Å². The molecule has 0 aromatic heterocycles. The molecule has 20 heavy (non-hydrogen) atoms. The van der Waals surface area contributed by atoms with Crippen molar-refractivity contribution in [3.63, 3.8) is 0 Å². The number of carbonyl (C=O) groups excluding carboxylic acids is 1. The number of carbonyl (C=O) groups is 1. The summed E-state index contributed by atoms with van der Waals surface area (Å²) in [5.41, 5.74) is 3.90. The number of hydrogen-bond acceptors (Lipinski definition) is 3. The Kier molecular flexibility index (Phi) is 8.42. The summed E-state index contributed by atoms with van der Waals surface area (Å²) in [6.45, 7) is 1.54. The highest BCUT2D eigenvalue weighted by atomic mass is 35.5. The lowest BCUT2D eigenvalue weighted by atomic mass is 10.1. The Morgan fingerprint density at radius 1 is 1.15 bits per heavy atom. The van der Waals surface area contributed by atoms with Gasteiger partial charge in [0.25, 0.3) is 0 Å². The summed E-state index contributed by atoms with van der Waals surface area (Å²) in [6, 6.07) is 8.17. The van der Waals surface area contributed by atoms with Crippen LogP contribution < -0.4 is 10.4 Å². The fourth-order valence-corrected chi connectivity index (χ4v) is 2.36. The van der Waals surface area contributed by atoms with Gasteiger partial charge < -0.3 is 4.90 Å². The van der Waals surface area contributed by atoms with Crippen LogP contribution in [0.15, 0.2) is 24.3 Å². The molecule has 0 aliphatic rings. The average molecular weight is 319 g/mol. The van der Waals surface area contributed by atoms with Crippen LogP contribution in [0.5, 0.6) is 0 Å². The van der Waals surface area contributed by atoms with Gasteiger partial charge in [0.15, 0.2) is 0 Å². The quantitative estimate of drug-likeness (QED) is 0.418. The van der Waals surface area contributed by atoms with E-state index in [0.29, 0.717) is 24.6 Å². The van der Waals surface area contributed by atoms with Crippen molar-refractivity contribution in [2.75, 3.05) is 29.7 Å². The van der Waals surface area contributed by atoms with Crippen molar-refractivity contribution in [1.29, 1.82) is 0 Å². The van der Waals surface area contributed by atoms with Gasteiger partial charge >= 0.3 is 0 Å². The highest BCUT2D eigenvalue weighted by molar-refractivity contribution is 6.18. The molecule has 1 amide bonds. The number of anilines is 1. The maximum absolute atomic E-state index is 10.9. The molecule has 2 N–H and O–H groups in total. The Hall–Kier alpha value is -0.970. The number of rotatable bonds is 9. The van der Waals surface area contributed by atoms with Gasteiger partial charge in [-0.05, 0) is 30.5 Å². The van der Waals surface area contributed by atoms with Crippen LogP contribution in [-0.4, -0.2) is 36.0 Å². The van der Waals surface area contributed by atoms with Crippen molar-refractivity contribution in [2.24, 2.45) is 0 Å². The van der Waals surface area contributed by atoms with Crippen LogP contribution in [0.4, 0.5) is 5.69 Å². The van der Waals surface area contributed by atoms with E-state index < -0.39 is 0 Å². The topological polar surface area (TPSA) is 52.6 Å². The normalized spacial score (nSPS) is 10.3. The lowest BCUT2D eigenvalue weighted by Crippen LogP contribution is -2.27. The van der Waals surface area contributed by atoms with Crippen molar-refractivity contribution in [3.8, 4) is 0 Å². The number of nitrogens with zero attached hydrogens (tertiary/aromatic N) is 1. The summed E-state index contributed by atoms with van der Waals surface area (Å²) in [5, 5.41) is 8.40. The number of aryl methyl sites for hydroxylation is 1. The molecular weight excluding hydrogens is 299 g/mol. The monoisotopic (exact) mass is 318 g/mol. The van der Waals surface area contributed by atoms with Gasteiger partial charge in [-0.3, -0.25) is 10.0 Å². The Labute approximate surface area is 129 Å². The second-order valence-corrected chi connectivity index (χ2v) is 5.18. The molecule has 0 aliphatic heterocycles. The lowest BCUT2D eigenvalue weighted by molar-refractivity contribution is -0.129. The number of hydrogen-bond donors (Lipinski definition) is 2. The van der Waals surface area contributed by atoms with E-state index in [1.807, 2.05) is 24.3 Å². The number of nitrogens with one attached hydrogen (secondary N) is 1. The number of hydroxylamine groups is 1. The molecule has 0 aliphatic carbocycles. The summed E-state index contributed by atoms with van der Waals surface area (Å²) in [6.07, 6.45) is 1.83. The smallest absolute Gasteiger partial charge is 0.243 e. The summed E-state index contributed by atoms with van der Waals surface area (Å²) >= 11 is 11.6. The van der Waals surface area contributed by atoms with Gasteiger partial charge in [-0.15, -0.1) is 23.2 Å². The zero-order chi connectivity index (χ0) is 14.8. The van der Waals surface area contributed by atoms with Crippen molar-refractivity contribution < 1.29 is 10.0 Å². The highest BCUT2D eigenvalue weighted by Gasteiger charge is 2.05. The van der Waals surface area contributed by atoms with Gasteiger partial charge in [0.2, 0.25) is 5.91 Å². The molecule has 0 bridgehead atoms. The molecule has 1 aromatic carbocycles. The van der Waals surface area contributed by atoms with Crippen LogP contribution >= 0.6 is 23.2 Å². The maximum atomic E-state index is 10.9. The molecule has 0 saturated carbocycles. The summed E-state index contributed by atoms with van der Waals surface area (Å²) in [4.78, 5) is 13.0. The first-order valence-electron chi connectivity index (χ1n) is 6.60. The fourth-order valence-electron chi connectivity index (χ4n) is 1.96. The maximum Gasteiger partial charge on any atom is 0.243 e. The number of alkyl halides is 2. The largest absolute Gasteiger partial charge is 0.369 e. The summed E-state index contributed by atoms with van der Waals surface area (Å²) in [7, 11) is 0. The average Bonchev–Trinajstić information content (AvgIpc) is 2.47. The Bertz CT molecular complexity index is 393. The molecule has 0 radical (unpaired) electrons. The van der Waals surface area contributed by atoms with Gasteiger partial charge in [-0.1, -0.05) is 12.1 Å². The minimum Gasteiger partial charge on any atom is -0.369 e. The molecule has 1 rings (SSSR count). The molecule has 0 unspecified atom stereocenters. The van der Waals surface area contributed by atoms with E-state index in [4.69, 9.17) is 28.4 Å². The first-order valence-corrected chi connectivity index (χ1v) is 7.67. The van der Waals surface area contributed by atoms with Crippen LogP contribution in [0, 0.1) is 0 Å². The highest BCUT2D eigenvalue weighted by Crippen LogP contribution is 2.16. The summed E-state index contributed by atoms with van der Waals surface area (Å²) in [5.74, 6) is 0.779. The Balaban J connectivity index is 2.51. The van der Waals surface area contributed by atoms with E-state index in [-0.39, 0.29) is 5.91 Å². The van der Waals surface area contributed by atoms with E-state index in [9.17, 15) is 4.79 Å². The Morgan fingerprint density at radius 2 is 1.75 bits per heavy atom. The van der Waals surface area contributed by atoms with E-state index in [1.54, 1.807) is 5.48 Å². The molecule has 0 heterocycles. The fraction of sp³-hybridized carbons (Fsp3) is 0.500. The van der Waals surface area contributed by atoms with Gasteiger partial charge in [-0.25, -0.2) is 5.48 Å². The molecule has 4 nitrogen and oxygen atoms in total. The van der Waals surface area contributed by atoms with Crippen molar-refractivity contribution in [3.05, 3.63) is 29.8 Å². The van der Waals surface area contributed by atoms with Crippen molar-refractivity contribution in [2.45, 2.75) is 19.3 Å². The van der Waals surface area contributed by atoms with E-state index in [1.165, 1.54) is 0 Å². The third-order valence-corrected chi connectivity index (χ3v) is 3.34. The Morgan fingerprint density at radius 3 is 2.25 bits per heavy atom. The molecule has 112 valence electrons. The predicted octanol–water partition coefficient (Wildman–Crippen LogP) is 2.80. The number of amides is 1. The van der Waals surface area contributed by atoms with Crippen molar-refractivity contribution >= 4 is 34.8 Å². The van der Waals surface area contributed by atoms with Gasteiger partial charge in [-0.2, -0.15) is 0 Å². The first kappa shape index (κ1) is 17.1. The zero-order valence-corrected chi connectivity index (χ0v) is 12.8. The molecule has 6 heteroatoms. The van der Waals surface area contributed by atoms with Crippen LogP contribution in [-0.2, 0) is 11.2 Å². The molecule has 0 spiro atoms. The predicted molar refractivity (Wildman–Crippen MR) is 83.0 cm³/mol. The molecule has 1 aromatic rings. The molecule has 0 fully saturated rings. The first-order chi connectivity index (χ1) is 9.71. The number of halogens is 2.